The zero-order valence-electron chi connectivity index (χ0n) is 12.7. The average Bonchev–Trinajstić information content (AvgIpc) is 2.93. The number of nitrogens with zero attached hydrogens (tertiary/aromatic N) is 2. The summed E-state index contributed by atoms with van der Waals surface area (Å²) in [7, 11) is 0. The van der Waals surface area contributed by atoms with E-state index < -0.39 is 0 Å². The van der Waals surface area contributed by atoms with Crippen LogP contribution in [0.5, 0.6) is 0 Å². The van der Waals surface area contributed by atoms with Crippen molar-refractivity contribution < 1.29 is 0 Å². The Bertz CT molecular complexity index is 566. The van der Waals surface area contributed by atoms with Gasteiger partial charge < -0.3 is 5.32 Å². The Hall–Kier alpha value is -1.23. The van der Waals surface area contributed by atoms with E-state index in [1.165, 1.54) is 17.7 Å². The van der Waals surface area contributed by atoms with Crippen LogP contribution in [0.15, 0.2) is 35.7 Å². The van der Waals surface area contributed by atoms with Gasteiger partial charge in [-0.15, -0.1) is 11.3 Å². The molecule has 112 valence electrons. The van der Waals surface area contributed by atoms with E-state index in [9.17, 15) is 0 Å². The van der Waals surface area contributed by atoms with Gasteiger partial charge in [-0.3, -0.25) is 4.90 Å². The number of hydrogen-bond acceptors (Lipinski definition) is 4. The SMILES string of the molecule is CCC1CN(Cc2csc(C)n2)C(c2ccccc2)CN1. The van der Waals surface area contributed by atoms with E-state index in [1.54, 1.807) is 11.3 Å². The average molecular weight is 301 g/mol. The summed E-state index contributed by atoms with van der Waals surface area (Å²) in [5, 5.41) is 7.03. The molecule has 2 aromatic rings. The second-order valence-electron chi connectivity index (χ2n) is 5.73. The number of thiazole rings is 1. The molecule has 0 bridgehead atoms. The molecule has 1 saturated heterocycles. The van der Waals surface area contributed by atoms with Crippen LogP contribution in [-0.2, 0) is 6.54 Å². The summed E-state index contributed by atoms with van der Waals surface area (Å²) in [6, 6.07) is 11.8. The number of benzene rings is 1. The quantitative estimate of drug-likeness (QED) is 0.938. The molecule has 2 unspecified atom stereocenters. The van der Waals surface area contributed by atoms with Gasteiger partial charge in [0.1, 0.15) is 0 Å². The highest BCUT2D eigenvalue weighted by molar-refractivity contribution is 7.09. The number of aromatic nitrogens is 1. The van der Waals surface area contributed by atoms with Gasteiger partial charge in [-0.05, 0) is 18.9 Å². The minimum absolute atomic E-state index is 0.441. The summed E-state index contributed by atoms with van der Waals surface area (Å²) >= 11 is 1.74. The normalized spacial score (nSPS) is 23.3. The van der Waals surface area contributed by atoms with Gasteiger partial charge >= 0.3 is 0 Å². The highest BCUT2D eigenvalue weighted by atomic mass is 32.1. The molecule has 0 aliphatic carbocycles. The summed E-state index contributed by atoms with van der Waals surface area (Å²) in [5.41, 5.74) is 2.60. The van der Waals surface area contributed by atoms with Crippen molar-refractivity contribution in [2.75, 3.05) is 13.1 Å². The fourth-order valence-corrected chi connectivity index (χ4v) is 3.63. The van der Waals surface area contributed by atoms with Crippen LogP contribution in [0, 0.1) is 6.92 Å². The maximum absolute atomic E-state index is 4.64. The Morgan fingerprint density at radius 1 is 1.33 bits per heavy atom. The lowest BCUT2D eigenvalue weighted by molar-refractivity contribution is 0.119. The van der Waals surface area contributed by atoms with Crippen molar-refractivity contribution in [3.63, 3.8) is 0 Å². The van der Waals surface area contributed by atoms with Gasteiger partial charge in [-0.2, -0.15) is 0 Å². The smallest absolute Gasteiger partial charge is 0.0897 e. The number of hydrogen-bond donors (Lipinski definition) is 1. The van der Waals surface area contributed by atoms with E-state index in [1.807, 2.05) is 0 Å². The molecule has 1 N–H and O–H groups in total. The fourth-order valence-electron chi connectivity index (χ4n) is 3.02. The molecule has 21 heavy (non-hydrogen) atoms. The number of nitrogens with one attached hydrogen (secondary N) is 1. The molecule has 1 fully saturated rings. The number of rotatable bonds is 4. The molecule has 3 nitrogen and oxygen atoms in total. The highest BCUT2D eigenvalue weighted by Crippen LogP contribution is 2.26. The van der Waals surface area contributed by atoms with Gasteiger partial charge in [0.15, 0.2) is 0 Å². The molecule has 1 aliphatic heterocycles. The Morgan fingerprint density at radius 2 is 2.14 bits per heavy atom. The molecular formula is C17H23N3S. The summed E-state index contributed by atoms with van der Waals surface area (Å²) in [5.74, 6) is 0. The number of piperazine rings is 1. The molecule has 4 heteroatoms. The van der Waals surface area contributed by atoms with Crippen molar-refractivity contribution in [2.45, 2.75) is 38.9 Å². The van der Waals surface area contributed by atoms with Crippen molar-refractivity contribution in [3.8, 4) is 0 Å². The monoisotopic (exact) mass is 301 g/mol. The van der Waals surface area contributed by atoms with Crippen LogP contribution < -0.4 is 5.32 Å². The Morgan fingerprint density at radius 3 is 2.81 bits per heavy atom. The number of aryl methyl sites for hydroxylation is 1. The largest absolute Gasteiger partial charge is 0.311 e. The van der Waals surface area contributed by atoms with Gasteiger partial charge in [-0.1, -0.05) is 37.3 Å². The van der Waals surface area contributed by atoms with Crippen molar-refractivity contribution in [1.82, 2.24) is 15.2 Å². The summed E-state index contributed by atoms with van der Waals surface area (Å²) < 4.78 is 0. The second-order valence-corrected chi connectivity index (χ2v) is 6.79. The van der Waals surface area contributed by atoms with Crippen LogP contribution >= 0.6 is 11.3 Å². The van der Waals surface area contributed by atoms with Crippen molar-refractivity contribution in [2.24, 2.45) is 0 Å². The first kappa shape index (κ1) is 14.7. The molecule has 0 spiro atoms. The Labute approximate surface area is 131 Å². The van der Waals surface area contributed by atoms with E-state index >= 15 is 0 Å². The molecule has 0 saturated carbocycles. The molecule has 2 heterocycles. The predicted molar refractivity (Wildman–Crippen MR) is 88.5 cm³/mol. The van der Waals surface area contributed by atoms with Crippen LogP contribution in [0.2, 0.25) is 0 Å². The fraction of sp³-hybridized carbons (Fsp3) is 0.471. The lowest BCUT2D eigenvalue weighted by Gasteiger charge is -2.40. The van der Waals surface area contributed by atoms with E-state index in [-0.39, 0.29) is 0 Å². The molecular weight excluding hydrogens is 278 g/mol. The van der Waals surface area contributed by atoms with Crippen LogP contribution in [0.1, 0.15) is 35.7 Å². The van der Waals surface area contributed by atoms with Crippen LogP contribution in [0.4, 0.5) is 0 Å². The van der Waals surface area contributed by atoms with Gasteiger partial charge in [0.2, 0.25) is 0 Å². The maximum atomic E-state index is 4.64. The first-order valence-corrected chi connectivity index (χ1v) is 8.57. The van der Waals surface area contributed by atoms with E-state index in [0.717, 1.165) is 24.6 Å². The lowest BCUT2D eigenvalue weighted by Crippen LogP contribution is -2.51. The first-order valence-electron chi connectivity index (χ1n) is 7.69. The maximum Gasteiger partial charge on any atom is 0.0897 e. The molecule has 3 rings (SSSR count). The van der Waals surface area contributed by atoms with Gasteiger partial charge in [-0.25, -0.2) is 4.98 Å². The van der Waals surface area contributed by atoms with Gasteiger partial charge in [0.25, 0.3) is 0 Å². The Kier molecular flexibility index (Phi) is 4.68. The molecule has 1 aromatic carbocycles. The predicted octanol–water partition coefficient (Wildman–Crippen LogP) is 3.38. The zero-order valence-corrected chi connectivity index (χ0v) is 13.6. The summed E-state index contributed by atoms with van der Waals surface area (Å²) in [4.78, 5) is 7.22. The first-order chi connectivity index (χ1) is 10.3. The van der Waals surface area contributed by atoms with Gasteiger partial charge in [0, 0.05) is 37.1 Å². The highest BCUT2D eigenvalue weighted by Gasteiger charge is 2.28. The third kappa shape index (κ3) is 3.51. The van der Waals surface area contributed by atoms with Gasteiger partial charge in [0.05, 0.1) is 10.7 Å². The van der Waals surface area contributed by atoms with Crippen molar-refractivity contribution in [3.05, 3.63) is 52.0 Å². The summed E-state index contributed by atoms with van der Waals surface area (Å²) in [6.07, 6.45) is 1.17. The minimum atomic E-state index is 0.441. The van der Waals surface area contributed by atoms with E-state index in [2.05, 4.69) is 64.8 Å². The second kappa shape index (κ2) is 6.69. The zero-order chi connectivity index (χ0) is 14.7. The summed E-state index contributed by atoms with van der Waals surface area (Å²) in [6.45, 7) is 7.39. The molecule has 2 atom stereocenters. The van der Waals surface area contributed by atoms with Crippen LogP contribution in [0.3, 0.4) is 0 Å². The van der Waals surface area contributed by atoms with Crippen LogP contribution in [0.25, 0.3) is 0 Å². The molecule has 0 radical (unpaired) electrons. The third-order valence-electron chi connectivity index (χ3n) is 4.20. The van der Waals surface area contributed by atoms with E-state index in [4.69, 9.17) is 0 Å². The lowest BCUT2D eigenvalue weighted by atomic mass is 10.00. The minimum Gasteiger partial charge on any atom is -0.311 e. The van der Waals surface area contributed by atoms with Crippen LogP contribution in [-0.4, -0.2) is 29.0 Å². The third-order valence-corrected chi connectivity index (χ3v) is 5.03. The topological polar surface area (TPSA) is 28.2 Å². The van der Waals surface area contributed by atoms with Crippen molar-refractivity contribution in [1.29, 1.82) is 0 Å². The molecule has 1 aromatic heterocycles. The van der Waals surface area contributed by atoms with Crippen molar-refractivity contribution >= 4 is 11.3 Å². The Balaban J connectivity index is 1.80. The van der Waals surface area contributed by atoms with E-state index in [0.29, 0.717) is 12.1 Å². The standard InChI is InChI=1S/C17H23N3S/c1-3-15-10-20(11-16-12-21-13(2)19-16)17(9-18-15)14-7-5-4-6-8-14/h4-8,12,15,17-18H,3,9-11H2,1-2H3. The molecule has 0 amide bonds. The molecule has 1 aliphatic rings.